The number of hydrogen-bond acceptors (Lipinski definition) is 3. The number of rotatable bonds is 2. The zero-order valence-corrected chi connectivity index (χ0v) is 13.6. The van der Waals surface area contributed by atoms with E-state index in [0.29, 0.717) is 20.2 Å². The Morgan fingerprint density at radius 2 is 1.75 bits per heavy atom. The minimum Gasteiger partial charge on any atom is -0.384 e. The first-order chi connectivity index (χ1) is 9.36. The molecule has 3 N–H and O–H groups in total. The Kier molecular flexibility index (Phi) is 4.75. The number of nitrogens with two attached hydrogens (primary N) is 1. The zero-order valence-electron chi connectivity index (χ0n) is 9.75. The lowest BCUT2D eigenvalue weighted by Gasteiger charge is -2.10. The Balaban J connectivity index is 2.32. The summed E-state index contributed by atoms with van der Waals surface area (Å²) in [6.45, 7) is 0. The molecule has 0 unspecified atom stereocenters. The van der Waals surface area contributed by atoms with Gasteiger partial charge in [-0.3, -0.25) is 4.79 Å². The molecule has 0 fully saturated rings. The van der Waals surface area contributed by atoms with Crippen molar-refractivity contribution in [2.75, 3.05) is 11.1 Å². The molecular weight excluding hydrogens is 388 g/mol. The number of nitrogens with zero attached hydrogens (tertiary/aromatic N) is 1. The lowest BCUT2D eigenvalue weighted by molar-refractivity contribution is 0.102. The molecule has 0 saturated heterocycles. The molecule has 20 heavy (non-hydrogen) atoms. The van der Waals surface area contributed by atoms with Crippen LogP contribution in [0.5, 0.6) is 0 Å². The van der Waals surface area contributed by atoms with Crippen LogP contribution < -0.4 is 11.1 Å². The maximum Gasteiger partial charge on any atom is 0.255 e. The molecule has 1 heterocycles. The highest BCUT2D eigenvalue weighted by molar-refractivity contribution is 9.10. The lowest BCUT2D eigenvalue weighted by Crippen LogP contribution is -2.13. The van der Waals surface area contributed by atoms with E-state index in [1.54, 1.807) is 12.1 Å². The minimum absolute atomic E-state index is 0.128. The Labute approximate surface area is 138 Å². The fraction of sp³-hybridized carbons (Fsp3) is 0. The van der Waals surface area contributed by atoms with E-state index < -0.39 is 5.91 Å². The fourth-order valence-corrected chi connectivity index (χ4v) is 3.01. The van der Waals surface area contributed by atoms with Crippen molar-refractivity contribution in [3.8, 4) is 0 Å². The topological polar surface area (TPSA) is 68.0 Å². The highest BCUT2D eigenvalue weighted by Crippen LogP contribution is 2.34. The van der Waals surface area contributed by atoms with Crippen molar-refractivity contribution >= 4 is 68.1 Å². The third-order valence-electron chi connectivity index (χ3n) is 2.32. The van der Waals surface area contributed by atoms with Crippen LogP contribution in [-0.2, 0) is 0 Å². The summed E-state index contributed by atoms with van der Waals surface area (Å²) in [6, 6.07) is 6.05. The molecule has 0 radical (unpaired) electrons. The van der Waals surface area contributed by atoms with Crippen molar-refractivity contribution < 1.29 is 4.79 Å². The van der Waals surface area contributed by atoms with Crippen LogP contribution >= 0.6 is 50.7 Å². The number of nitrogen functional groups attached to an aromatic ring is 1. The normalized spacial score (nSPS) is 10.4. The van der Waals surface area contributed by atoms with Crippen LogP contribution in [0.15, 0.2) is 28.7 Å². The van der Waals surface area contributed by atoms with E-state index in [4.69, 9.17) is 40.5 Å². The second-order valence-corrected chi connectivity index (χ2v) is 5.92. The second kappa shape index (κ2) is 6.18. The molecule has 1 aromatic heterocycles. The van der Waals surface area contributed by atoms with Crippen LogP contribution in [0.1, 0.15) is 10.4 Å². The summed E-state index contributed by atoms with van der Waals surface area (Å²) in [5.41, 5.74) is 6.11. The van der Waals surface area contributed by atoms with E-state index in [1.807, 2.05) is 0 Å². The third kappa shape index (κ3) is 3.55. The molecule has 0 saturated carbocycles. The standard InChI is InChI=1S/C12H7BrCl3N3O/c13-6-3-7(14)11(8(15)4-6)19-12(20)5-1-9(16)18-10(17)2-5/h1-4H,(H2,17,18)(H,19,20). The van der Waals surface area contributed by atoms with Gasteiger partial charge in [0, 0.05) is 10.0 Å². The number of nitrogens with one attached hydrogen (secondary N) is 1. The predicted molar refractivity (Wildman–Crippen MR) is 85.8 cm³/mol. The van der Waals surface area contributed by atoms with Gasteiger partial charge in [-0.1, -0.05) is 50.7 Å². The molecule has 0 atom stereocenters. The van der Waals surface area contributed by atoms with Gasteiger partial charge >= 0.3 is 0 Å². The van der Waals surface area contributed by atoms with Crippen molar-refractivity contribution in [2.45, 2.75) is 0 Å². The second-order valence-electron chi connectivity index (χ2n) is 3.80. The first-order valence-corrected chi connectivity index (χ1v) is 7.18. The number of amides is 1. The van der Waals surface area contributed by atoms with Crippen molar-refractivity contribution in [1.29, 1.82) is 0 Å². The van der Waals surface area contributed by atoms with Crippen LogP contribution in [0.4, 0.5) is 11.5 Å². The Bertz CT molecular complexity index is 650. The maximum absolute atomic E-state index is 12.1. The number of anilines is 2. The quantitative estimate of drug-likeness (QED) is 0.728. The molecule has 0 spiro atoms. The van der Waals surface area contributed by atoms with Crippen LogP contribution in [0, 0.1) is 0 Å². The van der Waals surface area contributed by atoms with Crippen molar-refractivity contribution in [3.63, 3.8) is 0 Å². The van der Waals surface area contributed by atoms with E-state index in [0.717, 1.165) is 0 Å². The molecule has 104 valence electrons. The van der Waals surface area contributed by atoms with Gasteiger partial charge in [0.25, 0.3) is 5.91 Å². The van der Waals surface area contributed by atoms with Crippen LogP contribution in [0.3, 0.4) is 0 Å². The molecule has 0 aliphatic rings. The van der Waals surface area contributed by atoms with Gasteiger partial charge in [0.1, 0.15) is 11.0 Å². The van der Waals surface area contributed by atoms with Gasteiger partial charge in [-0.25, -0.2) is 4.98 Å². The lowest BCUT2D eigenvalue weighted by atomic mass is 10.2. The van der Waals surface area contributed by atoms with Gasteiger partial charge in [0.15, 0.2) is 0 Å². The SMILES string of the molecule is Nc1cc(C(=O)Nc2c(Cl)cc(Br)cc2Cl)cc(Cl)n1. The van der Waals surface area contributed by atoms with Gasteiger partial charge in [0.2, 0.25) is 0 Å². The first-order valence-electron chi connectivity index (χ1n) is 5.26. The Hall–Kier alpha value is -1.01. The number of benzene rings is 1. The molecule has 1 amide bonds. The Morgan fingerprint density at radius 3 is 2.30 bits per heavy atom. The van der Waals surface area contributed by atoms with Gasteiger partial charge in [-0.05, 0) is 24.3 Å². The van der Waals surface area contributed by atoms with E-state index >= 15 is 0 Å². The molecule has 1 aromatic carbocycles. The number of aromatic nitrogens is 1. The molecule has 2 aromatic rings. The molecule has 0 aliphatic heterocycles. The highest BCUT2D eigenvalue weighted by Gasteiger charge is 2.14. The molecule has 4 nitrogen and oxygen atoms in total. The molecular formula is C12H7BrCl3N3O. The highest BCUT2D eigenvalue weighted by atomic mass is 79.9. The van der Waals surface area contributed by atoms with E-state index in [1.165, 1.54) is 12.1 Å². The maximum atomic E-state index is 12.1. The average molecular weight is 395 g/mol. The number of carbonyl (C=O) groups is 1. The largest absolute Gasteiger partial charge is 0.384 e. The fourth-order valence-electron chi connectivity index (χ4n) is 1.50. The van der Waals surface area contributed by atoms with Gasteiger partial charge in [-0.2, -0.15) is 0 Å². The van der Waals surface area contributed by atoms with Crippen LogP contribution in [0.2, 0.25) is 15.2 Å². The van der Waals surface area contributed by atoms with Gasteiger partial charge in [-0.15, -0.1) is 0 Å². The summed E-state index contributed by atoms with van der Waals surface area (Å²) in [7, 11) is 0. The number of halogens is 4. The van der Waals surface area contributed by atoms with Crippen molar-refractivity contribution in [1.82, 2.24) is 4.98 Å². The van der Waals surface area contributed by atoms with E-state index in [9.17, 15) is 4.79 Å². The minimum atomic E-state index is -0.438. The first kappa shape index (κ1) is 15.4. The summed E-state index contributed by atoms with van der Waals surface area (Å²) in [5, 5.41) is 3.36. The summed E-state index contributed by atoms with van der Waals surface area (Å²) < 4.78 is 0.710. The van der Waals surface area contributed by atoms with Crippen LogP contribution in [0.25, 0.3) is 0 Å². The van der Waals surface area contributed by atoms with Gasteiger partial charge < -0.3 is 11.1 Å². The van der Waals surface area contributed by atoms with Gasteiger partial charge in [0.05, 0.1) is 15.7 Å². The molecule has 2 rings (SSSR count). The molecule has 0 bridgehead atoms. The summed E-state index contributed by atoms with van der Waals surface area (Å²) >= 11 is 21.1. The molecule has 0 aliphatic carbocycles. The predicted octanol–water partition coefficient (Wildman–Crippen LogP) is 4.64. The monoisotopic (exact) mass is 393 g/mol. The summed E-state index contributed by atoms with van der Waals surface area (Å²) in [6.07, 6.45) is 0. The summed E-state index contributed by atoms with van der Waals surface area (Å²) in [5.74, 6) is -0.289. The van der Waals surface area contributed by atoms with Crippen molar-refractivity contribution in [2.24, 2.45) is 0 Å². The summed E-state index contributed by atoms with van der Waals surface area (Å²) in [4.78, 5) is 15.9. The molecule has 8 heteroatoms. The van der Waals surface area contributed by atoms with E-state index in [-0.39, 0.29) is 16.5 Å². The average Bonchev–Trinajstić information content (AvgIpc) is 2.32. The Morgan fingerprint density at radius 1 is 1.15 bits per heavy atom. The smallest absolute Gasteiger partial charge is 0.255 e. The van der Waals surface area contributed by atoms with Crippen molar-refractivity contribution in [3.05, 3.63) is 49.5 Å². The number of carbonyl (C=O) groups excluding carboxylic acids is 1. The third-order valence-corrected chi connectivity index (χ3v) is 3.57. The number of hydrogen-bond donors (Lipinski definition) is 2. The number of pyridine rings is 1. The zero-order chi connectivity index (χ0) is 14.9. The van der Waals surface area contributed by atoms with E-state index in [2.05, 4.69) is 26.2 Å². The van der Waals surface area contributed by atoms with Crippen LogP contribution in [-0.4, -0.2) is 10.9 Å².